The topological polar surface area (TPSA) is 109 Å². The molecule has 1 unspecified atom stereocenters. The molecular formula is C23H21NO7. The molecule has 2 N–H and O–H groups in total. The Kier molecular flexibility index (Phi) is 5.39. The van der Waals surface area contributed by atoms with Crippen molar-refractivity contribution in [3.63, 3.8) is 0 Å². The van der Waals surface area contributed by atoms with Crippen LogP contribution in [0.25, 0.3) is 11.0 Å². The number of carbonyl (C=O) groups is 2. The molecule has 2 aromatic carbocycles. The number of aliphatic hydroxyl groups is 1. The van der Waals surface area contributed by atoms with E-state index in [1.54, 1.807) is 36.4 Å². The number of fused-ring (bicyclic) bond motifs is 1. The smallest absolute Gasteiger partial charge is 0.290 e. The first-order chi connectivity index (χ1) is 15.0. The van der Waals surface area contributed by atoms with E-state index in [1.807, 2.05) is 0 Å². The highest BCUT2D eigenvalue weighted by Crippen LogP contribution is 2.40. The van der Waals surface area contributed by atoms with Crippen molar-refractivity contribution in [3.8, 4) is 11.5 Å². The number of phenols is 1. The normalized spacial score (nSPS) is 16.4. The first kappa shape index (κ1) is 20.5. The molecule has 0 saturated carbocycles. The number of Topliss-reactive ketones (excluding diaryl/α,β-unsaturated/α-hetero) is 1. The number of carbonyl (C=O) groups excluding carboxylic acids is 2. The van der Waals surface area contributed by atoms with Crippen LogP contribution in [0, 0.1) is 0 Å². The molecule has 1 aliphatic rings. The van der Waals surface area contributed by atoms with Gasteiger partial charge in [-0.05, 0) is 29.8 Å². The number of benzene rings is 2. The number of methoxy groups -OCH3 is 2. The van der Waals surface area contributed by atoms with Crippen LogP contribution in [0.4, 0.5) is 0 Å². The van der Waals surface area contributed by atoms with Crippen LogP contribution in [0.1, 0.15) is 22.2 Å². The minimum atomic E-state index is -0.905. The lowest BCUT2D eigenvalue weighted by atomic mass is 9.95. The Morgan fingerprint density at radius 2 is 1.90 bits per heavy atom. The number of ketones is 1. The Morgan fingerprint density at radius 1 is 1.13 bits per heavy atom. The number of hydrogen-bond donors (Lipinski definition) is 2. The maximum absolute atomic E-state index is 13.4. The number of aromatic hydroxyl groups is 1. The Bertz CT molecular complexity index is 1190. The van der Waals surface area contributed by atoms with Crippen molar-refractivity contribution in [2.75, 3.05) is 27.4 Å². The van der Waals surface area contributed by atoms with Crippen LogP contribution in [0.5, 0.6) is 11.5 Å². The van der Waals surface area contributed by atoms with E-state index >= 15 is 0 Å². The summed E-state index contributed by atoms with van der Waals surface area (Å²) in [5, 5.41) is 21.2. The second kappa shape index (κ2) is 8.16. The average molecular weight is 423 g/mol. The number of furan rings is 1. The number of hydrogen-bond acceptors (Lipinski definition) is 7. The van der Waals surface area contributed by atoms with Gasteiger partial charge in [0.05, 0.1) is 25.3 Å². The van der Waals surface area contributed by atoms with Gasteiger partial charge in [0, 0.05) is 19.0 Å². The summed E-state index contributed by atoms with van der Waals surface area (Å²) >= 11 is 0. The largest absolute Gasteiger partial charge is 0.508 e. The van der Waals surface area contributed by atoms with Crippen molar-refractivity contribution >= 4 is 22.7 Å². The van der Waals surface area contributed by atoms with Crippen molar-refractivity contribution in [2.45, 2.75) is 6.04 Å². The van der Waals surface area contributed by atoms with E-state index in [2.05, 4.69) is 0 Å². The maximum atomic E-state index is 13.4. The zero-order valence-electron chi connectivity index (χ0n) is 17.0. The van der Waals surface area contributed by atoms with Gasteiger partial charge in [-0.2, -0.15) is 0 Å². The standard InChI is InChI=1S/C23H21NO7/c1-29-10-9-24-19(13-5-3-7-15(25)11-13)18(21(27)23(24)28)20(26)17-12-14-6-4-8-16(30-2)22(14)31-17/h3-8,11-12,19,25,27H,9-10H2,1-2H3. The number of aliphatic hydroxyl groups excluding tert-OH is 1. The van der Waals surface area contributed by atoms with Crippen molar-refractivity contribution < 1.29 is 33.7 Å². The predicted molar refractivity (Wildman–Crippen MR) is 111 cm³/mol. The van der Waals surface area contributed by atoms with Crippen LogP contribution in [-0.4, -0.2) is 54.2 Å². The Hall–Kier alpha value is -3.78. The third kappa shape index (κ3) is 3.51. The van der Waals surface area contributed by atoms with Gasteiger partial charge >= 0.3 is 0 Å². The molecule has 0 aliphatic carbocycles. The zero-order chi connectivity index (χ0) is 22.1. The molecule has 1 aromatic heterocycles. The molecule has 1 amide bonds. The first-order valence-corrected chi connectivity index (χ1v) is 9.59. The SMILES string of the molecule is COCCN1C(=O)C(O)=C(C(=O)c2cc3cccc(OC)c3o2)C1c1cccc(O)c1. The second-order valence-electron chi connectivity index (χ2n) is 7.07. The molecule has 31 heavy (non-hydrogen) atoms. The second-order valence-corrected chi connectivity index (χ2v) is 7.07. The Labute approximate surface area is 177 Å². The third-order valence-corrected chi connectivity index (χ3v) is 5.22. The molecule has 8 heteroatoms. The molecule has 1 aliphatic heterocycles. The highest BCUT2D eigenvalue weighted by Gasteiger charge is 2.44. The zero-order valence-corrected chi connectivity index (χ0v) is 17.0. The molecule has 8 nitrogen and oxygen atoms in total. The highest BCUT2D eigenvalue weighted by atomic mass is 16.5. The first-order valence-electron chi connectivity index (χ1n) is 9.59. The van der Waals surface area contributed by atoms with E-state index in [9.17, 15) is 19.8 Å². The number of nitrogens with zero attached hydrogens (tertiary/aromatic N) is 1. The summed E-state index contributed by atoms with van der Waals surface area (Å²) in [7, 11) is 2.99. The Morgan fingerprint density at radius 3 is 2.61 bits per heavy atom. The molecule has 0 fully saturated rings. The van der Waals surface area contributed by atoms with Gasteiger partial charge in [0.25, 0.3) is 5.91 Å². The third-order valence-electron chi connectivity index (χ3n) is 5.22. The van der Waals surface area contributed by atoms with Gasteiger partial charge in [-0.25, -0.2) is 0 Å². The van der Waals surface area contributed by atoms with E-state index in [-0.39, 0.29) is 30.2 Å². The molecule has 0 bridgehead atoms. The fourth-order valence-corrected chi connectivity index (χ4v) is 3.79. The quantitative estimate of drug-likeness (QED) is 0.561. The van der Waals surface area contributed by atoms with Gasteiger partial charge in [-0.1, -0.05) is 24.3 Å². The molecule has 2 heterocycles. The number of rotatable bonds is 7. The van der Waals surface area contributed by atoms with Crippen molar-refractivity contribution in [2.24, 2.45) is 0 Å². The van der Waals surface area contributed by atoms with Crippen LogP contribution in [0.2, 0.25) is 0 Å². The summed E-state index contributed by atoms with van der Waals surface area (Å²) in [4.78, 5) is 27.6. The summed E-state index contributed by atoms with van der Waals surface area (Å²) in [5.41, 5.74) is 0.748. The van der Waals surface area contributed by atoms with Gasteiger partial charge in [0.15, 0.2) is 22.9 Å². The van der Waals surface area contributed by atoms with E-state index in [0.717, 1.165) is 0 Å². The van der Waals surface area contributed by atoms with E-state index in [1.165, 1.54) is 31.3 Å². The van der Waals surface area contributed by atoms with Crippen LogP contribution in [-0.2, 0) is 9.53 Å². The van der Waals surface area contributed by atoms with Gasteiger partial charge < -0.3 is 29.0 Å². The highest BCUT2D eigenvalue weighted by molar-refractivity contribution is 6.16. The average Bonchev–Trinajstić information content (AvgIpc) is 3.31. The number of ether oxygens (including phenoxy) is 2. The number of amides is 1. The molecular weight excluding hydrogens is 402 g/mol. The molecule has 0 spiro atoms. The van der Waals surface area contributed by atoms with Gasteiger partial charge in [-0.3, -0.25) is 9.59 Å². The molecule has 1 atom stereocenters. The summed E-state index contributed by atoms with van der Waals surface area (Å²) in [5.74, 6) is -1.57. The van der Waals surface area contributed by atoms with Crippen molar-refractivity contribution in [1.82, 2.24) is 4.90 Å². The van der Waals surface area contributed by atoms with Crippen LogP contribution in [0.15, 0.2) is 64.3 Å². The molecule has 160 valence electrons. The van der Waals surface area contributed by atoms with Crippen molar-refractivity contribution in [3.05, 3.63) is 71.2 Å². The summed E-state index contributed by atoms with van der Waals surface area (Å²) < 4.78 is 16.1. The van der Waals surface area contributed by atoms with Crippen molar-refractivity contribution in [1.29, 1.82) is 0 Å². The molecule has 0 saturated heterocycles. The van der Waals surface area contributed by atoms with Crippen LogP contribution < -0.4 is 4.74 Å². The van der Waals surface area contributed by atoms with E-state index in [4.69, 9.17) is 13.9 Å². The minimum absolute atomic E-state index is 0.0247. The van der Waals surface area contributed by atoms with E-state index < -0.39 is 23.5 Å². The lowest BCUT2D eigenvalue weighted by molar-refractivity contribution is -0.130. The van der Waals surface area contributed by atoms with Gasteiger partial charge in [0.2, 0.25) is 5.78 Å². The van der Waals surface area contributed by atoms with Gasteiger partial charge in [-0.15, -0.1) is 0 Å². The number of phenolic OH excluding ortho intramolecular Hbond substituents is 1. The van der Waals surface area contributed by atoms with E-state index in [0.29, 0.717) is 22.3 Å². The molecule has 3 aromatic rings. The summed E-state index contributed by atoms with van der Waals surface area (Å²) in [6, 6.07) is 12.1. The molecule has 0 radical (unpaired) electrons. The predicted octanol–water partition coefficient (Wildman–Crippen LogP) is 3.37. The maximum Gasteiger partial charge on any atom is 0.290 e. The fraction of sp³-hybridized carbons (Fsp3) is 0.217. The summed E-state index contributed by atoms with van der Waals surface area (Å²) in [6.07, 6.45) is 0. The fourth-order valence-electron chi connectivity index (χ4n) is 3.79. The lowest BCUT2D eigenvalue weighted by Crippen LogP contribution is -2.33. The minimum Gasteiger partial charge on any atom is -0.508 e. The Balaban J connectivity index is 1.82. The monoisotopic (exact) mass is 423 g/mol. The molecule has 4 rings (SSSR count). The van der Waals surface area contributed by atoms with Crippen LogP contribution >= 0.6 is 0 Å². The van der Waals surface area contributed by atoms with Gasteiger partial charge in [0.1, 0.15) is 5.75 Å². The number of para-hydroxylation sites is 1. The lowest BCUT2D eigenvalue weighted by Gasteiger charge is -2.26. The summed E-state index contributed by atoms with van der Waals surface area (Å²) in [6.45, 7) is 0.349. The van der Waals surface area contributed by atoms with Crippen LogP contribution in [0.3, 0.4) is 0 Å².